The number of aryl methyl sites for hydroxylation is 2. The molecule has 0 bridgehead atoms. The minimum atomic E-state index is -0.888. The van der Waals surface area contributed by atoms with E-state index >= 15 is 0 Å². The molecule has 4 rings (SSSR count). The van der Waals surface area contributed by atoms with Gasteiger partial charge in [-0.2, -0.15) is 10.4 Å². The monoisotopic (exact) mass is 562 g/mol. The summed E-state index contributed by atoms with van der Waals surface area (Å²) < 4.78 is 5.68. The van der Waals surface area contributed by atoms with Crippen LogP contribution < -0.4 is 15.6 Å². The van der Waals surface area contributed by atoms with E-state index in [2.05, 4.69) is 26.6 Å². The van der Waals surface area contributed by atoms with Crippen LogP contribution in [0.4, 0.5) is 0 Å². The Morgan fingerprint density at radius 2 is 1.98 bits per heavy atom. The van der Waals surface area contributed by atoms with Crippen LogP contribution in [0.2, 0.25) is 5.02 Å². The number of pyridine rings is 1. The highest BCUT2D eigenvalue weighted by Gasteiger charge is 2.46. The molecule has 3 heterocycles. The molecule has 3 atom stereocenters. The lowest BCUT2D eigenvalue weighted by atomic mass is 9.84. The lowest BCUT2D eigenvalue weighted by molar-refractivity contribution is -0.137. The summed E-state index contributed by atoms with van der Waals surface area (Å²) in [6.07, 6.45) is 2.67. The Kier molecular flexibility index (Phi) is 8.26. The number of ether oxygens (including phenoxy) is 1. The lowest BCUT2D eigenvalue weighted by Crippen LogP contribution is -2.52. The Bertz CT molecular complexity index is 1550. The topological polar surface area (TPSA) is 141 Å². The first-order valence-corrected chi connectivity index (χ1v) is 13.3. The van der Waals surface area contributed by atoms with Crippen LogP contribution in [0.1, 0.15) is 67.0 Å². The van der Waals surface area contributed by atoms with Gasteiger partial charge in [0.2, 0.25) is 5.91 Å². The molecule has 0 radical (unpaired) electrons. The van der Waals surface area contributed by atoms with Gasteiger partial charge >= 0.3 is 5.56 Å². The summed E-state index contributed by atoms with van der Waals surface area (Å²) in [5.41, 5.74) is 0.832. The van der Waals surface area contributed by atoms with Crippen molar-refractivity contribution in [2.24, 2.45) is 5.41 Å². The van der Waals surface area contributed by atoms with E-state index in [1.807, 2.05) is 32.0 Å². The highest BCUT2D eigenvalue weighted by molar-refractivity contribution is 6.30. The van der Waals surface area contributed by atoms with Gasteiger partial charge in [0.05, 0.1) is 35.5 Å². The zero-order valence-corrected chi connectivity index (χ0v) is 23.7. The molecule has 208 valence electrons. The maximum Gasteiger partial charge on any atom is 0.307 e. The average Bonchev–Trinajstić information content (AvgIpc) is 3.37. The highest BCUT2D eigenvalue weighted by atomic mass is 35.5. The Morgan fingerprint density at radius 1 is 1.23 bits per heavy atom. The van der Waals surface area contributed by atoms with Crippen LogP contribution >= 0.6 is 11.6 Å². The fourth-order valence-corrected chi connectivity index (χ4v) is 5.15. The summed E-state index contributed by atoms with van der Waals surface area (Å²) >= 11 is 6.24. The van der Waals surface area contributed by atoms with Gasteiger partial charge in [-0.1, -0.05) is 23.7 Å². The van der Waals surface area contributed by atoms with Gasteiger partial charge in [0.1, 0.15) is 17.5 Å². The van der Waals surface area contributed by atoms with E-state index in [1.54, 1.807) is 31.7 Å². The molecule has 40 heavy (non-hydrogen) atoms. The van der Waals surface area contributed by atoms with E-state index in [9.17, 15) is 19.6 Å². The maximum absolute atomic E-state index is 13.8. The first-order chi connectivity index (χ1) is 18.9. The van der Waals surface area contributed by atoms with E-state index in [0.29, 0.717) is 34.9 Å². The van der Waals surface area contributed by atoms with Gasteiger partial charge in [0.25, 0.3) is 5.91 Å². The van der Waals surface area contributed by atoms with E-state index in [-0.39, 0.29) is 29.4 Å². The van der Waals surface area contributed by atoms with Crippen molar-refractivity contribution in [1.82, 2.24) is 25.4 Å². The molecule has 3 aromatic rings. The number of amides is 2. The second-order valence-electron chi connectivity index (χ2n) is 10.6. The molecule has 1 fully saturated rings. The number of carbonyl (C=O) groups is 2. The Hall–Kier alpha value is -4.23. The predicted molar refractivity (Wildman–Crippen MR) is 149 cm³/mol. The first kappa shape index (κ1) is 28.8. The van der Waals surface area contributed by atoms with Crippen LogP contribution in [0.15, 0.2) is 47.4 Å². The van der Waals surface area contributed by atoms with Gasteiger partial charge in [-0.3, -0.25) is 14.4 Å². The zero-order chi connectivity index (χ0) is 29.2. The predicted octanol–water partition coefficient (Wildman–Crippen LogP) is 4.63. The van der Waals surface area contributed by atoms with Gasteiger partial charge in [0.15, 0.2) is 5.75 Å². The number of carbonyl (C=O) groups excluding carboxylic acids is 2. The lowest BCUT2D eigenvalue weighted by Gasteiger charge is -2.38. The molecule has 1 unspecified atom stereocenters. The van der Waals surface area contributed by atoms with Crippen molar-refractivity contribution >= 4 is 23.4 Å². The molecule has 2 N–H and O–H groups in total. The number of aromatic nitrogens is 3. The van der Waals surface area contributed by atoms with Crippen LogP contribution in [-0.4, -0.2) is 44.0 Å². The number of nitriles is 1. The third-order valence-corrected chi connectivity index (χ3v) is 7.36. The van der Waals surface area contributed by atoms with E-state index in [4.69, 9.17) is 16.3 Å². The number of rotatable bonds is 7. The Balaban J connectivity index is 1.53. The molecule has 0 aliphatic carbocycles. The minimum Gasteiger partial charge on any atom is -0.450 e. The van der Waals surface area contributed by atoms with Crippen molar-refractivity contribution in [2.75, 3.05) is 0 Å². The summed E-state index contributed by atoms with van der Waals surface area (Å²) in [4.78, 5) is 44.9. The largest absolute Gasteiger partial charge is 0.450 e. The maximum atomic E-state index is 13.8. The molecule has 1 aliphatic rings. The van der Waals surface area contributed by atoms with Crippen LogP contribution in [0.5, 0.6) is 11.5 Å². The van der Waals surface area contributed by atoms with Crippen molar-refractivity contribution in [1.29, 1.82) is 5.26 Å². The summed E-state index contributed by atoms with van der Waals surface area (Å²) in [5, 5.41) is 19.3. The number of nitrogens with one attached hydrogen (secondary N) is 2. The number of hydrogen-bond acceptors (Lipinski definition) is 7. The summed E-state index contributed by atoms with van der Waals surface area (Å²) in [6, 6.07) is 11.2. The van der Waals surface area contributed by atoms with Crippen molar-refractivity contribution in [3.05, 3.63) is 80.5 Å². The van der Waals surface area contributed by atoms with Crippen LogP contribution in [0.25, 0.3) is 0 Å². The van der Waals surface area contributed by atoms with Gasteiger partial charge in [-0.15, -0.1) is 0 Å². The first-order valence-electron chi connectivity index (χ1n) is 12.9. The quantitative estimate of drug-likeness (QED) is 0.427. The van der Waals surface area contributed by atoms with Crippen LogP contribution in [0, 0.1) is 30.6 Å². The van der Waals surface area contributed by atoms with Crippen LogP contribution in [-0.2, 0) is 4.79 Å². The highest BCUT2D eigenvalue weighted by Crippen LogP contribution is 2.43. The Labute approximate surface area is 237 Å². The van der Waals surface area contributed by atoms with Crippen molar-refractivity contribution in [3.63, 3.8) is 0 Å². The average molecular weight is 563 g/mol. The van der Waals surface area contributed by atoms with E-state index in [1.165, 1.54) is 18.3 Å². The fraction of sp³-hybridized carbons (Fsp3) is 0.379. The van der Waals surface area contributed by atoms with Gasteiger partial charge in [-0.05, 0) is 76.8 Å². The van der Waals surface area contributed by atoms with Gasteiger partial charge in [0, 0.05) is 11.1 Å². The standard InChI is InChI=1S/C29H31ClN6O4/c1-16-11-21(32-14-24(16)40-23-12-17(2)34-35-27(23)38)26(37)33-18(3)28(39)36-22(19-7-6-8-20(30)13-19)9-10-25(36)29(4,5)15-31/h6-8,11-14,18,22,25H,9-10H2,1-5H3,(H,33,37)(H,35,38)/t18-,22+,25?/m1/s1. The molecule has 11 heteroatoms. The molecule has 2 aromatic heterocycles. The zero-order valence-electron chi connectivity index (χ0n) is 23.0. The second-order valence-corrected chi connectivity index (χ2v) is 11.0. The molecule has 1 aromatic carbocycles. The number of halogens is 1. The molecule has 0 spiro atoms. The number of aromatic amines is 1. The molecular formula is C29H31ClN6O4. The van der Waals surface area contributed by atoms with E-state index in [0.717, 1.165) is 5.56 Å². The second kappa shape index (κ2) is 11.5. The Morgan fingerprint density at radius 3 is 2.65 bits per heavy atom. The number of nitrogens with zero attached hydrogens (tertiary/aromatic N) is 4. The van der Waals surface area contributed by atoms with Crippen molar-refractivity contribution in [2.45, 2.75) is 65.6 Å². The number of benzene rings is 1. The number of likely N-dealkylation sites (tertiary alicyclic amines) is 1. The smallest absolute Gasteiger partial charge is 0.307 e. The van der Waals surface area contributed by atoms with Crippen LogP contribution in [0.3, 0.4) is 0 Å². The third kappa shape index (κ3) is 6.00. The molecule has 1 aliphatic heterocycles. The molecule has 2 amide bonds. The summed E-state index contributed by atoms with van der Waals surface area (Å²) in [6.45, 7) is 8.69. The number of hydrogen-bond donors (Lipinski definition) is 2. The molecule has 1 saturated heterocycles. The summed E-state index contributed by atoms with van der Waals surface area (Å²) in [5.74, 6) is -0.473. The molecule has 10 nitrogen and oxygen atoms in total. The molecule has 0 saturated carbocycles. The third-order valence-electron chi connectivity index (χ3n) is 7.13. The van der Waals surface area contributed by atoms with E-state index < -0.39 is 22.9 Å². The SMILES string of the molecule is Cc1cc(Oc2cnc(C(=O)N[C@H](C)C(=O)N3C(C(C)(C)C#N)CC[C@H]3c3cccc(Cl)c3)cc2C)c(=O)[nH]n1. The number of H-pyrrole nitrogens is 1. The van der Waals surface area contributed by atoms with Crippen molar-refractivity contribution in [3.8, 4) is 17.6 Å². The fourth-order valence-electron chi connectivity index (χ4n) is 4.95. The van der Waals surface area contributed by atoms with Crippen molar-refractivity contribution < 1.29 is 14.3 Å². The minimum absolute atomic E-state index is 0.0588. The van der Waals surface area contributed by atoms with Gasteiger partial charge < -0.3 is 15.0 Å². The van der Waals surface area contributed by atoms with Gasteiger partial charge in [-0.25, -0.2) is 10.1 Å². The molecular weight excluding hydrogens is 532 g/mol. The normalized spacial score (nSPS) is 17.7. The summed E-state index contributed by atoms with van der Waals surface area (Å²) in [7, 11) is 0.